The average molecular weight is 443 g/mol. The van der Waals surface area contributed by atoms with Crippen LogP contribution in [0.15, 0.2) is 39.4 Å². The van der Waals surface area contributed by atoms with Gasteiger partial charge in [-0.25, -0.2) is 14.2 Å². The van der Waals surface area contributed by atoms with Gasteiger partial charge in [-0.3, -0.25) is 4.79 Å². The lowest BCUT2D eigenvalue weighted by molar-refractivity contribution is 0.0599. The van der Waals surface area contributed by atoms with Crippen molar-refractivity contribution < 1.29 is 32.9 Å². The predicted molar refractivity (Wildman–Crippen MR) is 110 cm³/mol. The van der Waals surface area contributed by atoms with Gasteiger partial charge in [0.2, 0.25) is 11.5 Å². The summed E-state index contributed by atoms with van der Waals surface area (Å²) in [4.78, 5) is 35.7. The number of esters is 2. The number of furan rings is 1. The molecule has 3 aromatic rings. The van der Waals surface area contributed by atoms with Crippen LogP contribution in [0.5, 0.6) is 0 Å². The Morgan fingerprint density at radius 1 is 1.00 bits per heavy atom. The highest BCUT2D eigenvalue weighted by atomic mass is 16.6. The number of nitrogen functional groups attached to an aromatic ring is 1. The fourth-order valence-corrected chi connectivity index (χ4v) is 2.78. The number of ether oxygens (including phenoxy) is 2. The molecule has 0 saturated carbocycles. The molecule has 0 atom stereocenters. The van der Waals surface area contributed by atoms with Gasteiger partial charge in [0.15, 0.2) is 0 Å². The van der Waals surface area contributed by atoms with Crippen LogP contribution in [0.2, 0.25) is 0 Å². The standard InChI is InChI=1S/C20H21N5O7/c1-29-19(27)12-7-11(8-13(9-12)20(28)30-2)15-4-3-14(31-15)10-22-5-6-23-18(26)16-17(21)25-32-24-16/h3-4,7-9,22H,5-6,10H2,1-2H3,(H2,21,25)(H,23,26). The van der Waals surface area contributed by atoms with Crippen LogP contribution < -0.4 is 16.4 Å². The summed E-state index contributed by atoms with van der Waals surface area (Å²) in [5, 5.41) is 12.5. The molecule has 0 unspecified atom stereocenters. The number of carbonyl (C=O) groups is 3. The van der Waals surface area contributed by atoms with Crippen molar-refractivity contribution >= 4 is 23.7 Å². The maximum absolute atomic E-state index is 11.9. The third-order valence-corrected chi connectivity index (χ3v) is 4.34. The smallest absolute Gasteiger partial charge is 0.337 e. The van der Waals surface area contributed by atoms with Gasteiger partial charge in [-0.15, -0.1) is 0 Å². The number of benzene rings is 1. The Hall–Kier alpha value is -4.19. The fraction of sp³-hybridized carbons (Fsp3) is 0.250. The van der Waals surface area contributed by atoms with Gasteiger partial charge in [0, 0.05) is 18.7 Å². The first-order valence-electron chi connectivity index (χ1n) is 9.40. The predicted octanol–water partition coefficient (Wildman–Crippen LogP) is 1.00. The molecule has 12 heteroatoms. The third kappa shape index (κ3) is 5.29. The second-order valence-corrected chi connectivity index (χ2v) is 6.48. The highest BCUT2D eigenvalue weighted by Crippen LogP contribution is 2.25. The van der Waals surface area contributed by atoms with E-state index >= 15 is 0 Å². The van der Waals surface area contributed by atoms with Crippen LogP contribution in [0.3, 0.4) is 0 Å². The maximum Gasteiger partial charge on any atom is 0.337 e. The molecule has 0 aliphatic rings. The van der Waals surface area contributed by atoms with Crippen LogP contribution in [-0.2, 0) is 16.0 Å². The number of amides is 1. The molecular formula is C20H21N5O7. The van der Waals surface area contributed by atoms with Crippen LogP contribution in [0, 0.1) is 0 Å². The lowest BCUT2D eigenvalue weighted by Gasteiger charge is -2.07. The Kier molecular flexibility index (Phi) is 7.18. The van der Waals surface area contributed by atoms with E-state index in [2.05, 4.69) is 25.6 Å². The molecule has 4 N–H and O–H groups in total. The summed E-state index contributed by atoms with van der Waals surface area (Å²) in [6.45, 7) is 1.13. The minimum absolute atomic E-state index is 0.0683. The molecule has 1 amide bonds. The second kappa shape index (κ2) is 10.2. The molecule has 0 bridgehead atoms. The highest BCUT2D eigenvalue weighted by Gasteiger charge is 2.17. The number of rotatable bonds is 9. The first-order valence-corrected chi connectivity index (χ1v) is 9.40. The van der Waals surface area contributed by atoms with Crippen molar-refractivity contribution in [3.05, 3.63) is 52.9 Å². The molecule has 0 fully saturated rings. The van der Waals surface area contributed by atoms with E-state index in [1.165, 1.54) is 20.3 Å². The van der Waals surface area contributed by atoms with Gasteiger partial charge < -0.3 is 30.3 Å². The zero-order chi connectivity index (χ0) is 23.1. The molecule has 2 heterocycles. The molecule has 32 heavy (non-hydrogen) atoms. The molecule has 0 spiro atoms. The van der Waals surface area contributed by atoms with Gasteiger partial charge in [-0.1, -0.05) is 0 Å². The quantitative estimate of drug-likeness (QED) is 0.318. The first-order chi connectivity index (χ1) is 15.4. The van der Waals surface area contributed by atoms with Gasteiger partial charge in [0.25, 0.3) is 5.91 Å². The van der Waals surface area contributed by atoms with Crippen molar-refractivity contribution in [2.45, 2.75) is 6.54 Å². The molecule has 0 saturated heterocycles. The number of nitrogens with zero attached hydrogens (tertiary/aromatic N) is 2. The van der Waals surface area contributed by atoms with Crippen molar-refractivity contribution in [2.24, 2.45) is 0 Å². The monoisotopic (exact) mass is 443 g/mol. The lowest BCUT2D eigenvalue weighted by Crippen LogP contribution is -2.32. The molecule has 0 radical (unpaired) electrons. The van der Waals surface area contributed by atoms with Crippen molar-refractivity contribution in [3.8, 4) is 11.3 Å². The minimum atomic E-state index is -0.587. The zero-order valence-corrected chi connectivity index (χ0v) is 17.3. The Morgan fingerprint density at radius 3 is 2.28 bits per heavy atom. The number of hydrogen-bond acceptors (Lipinski definition) is 11. The third-order valence-electron chi connectivity index (χ3n) is 4.34. The van der Waals surface area contributed by atoms with E-state index in [0.29, 0.717) is 36.7 Å². The van der Waals surface area contributed by atoms with E-state index in [1.807, 2.05) is 0 Å². The number of hydrogen-bond donors (Lipinski definition) is 3. The summed E-state index contributed by atoms with van der Waals surface area (Å²) < 4.78 is 19.7. The van der Waals surface area contributed by atoms with Gasteiger partial charge >= 0.3 is 11.9 Å². The summed E-state index contributed by atoms with van der Waals surface area (Å²) in [6, 6.07) is 7.99. The van der Waals surface area contributed by atoms with E-state index in [9.17, 15) is 14.4 Å². The fourth-order valence-electron chi connectivity index (χ4n) is 2.78. The summed E-state index contributed by atoms with van der Waals surface area (Å²) in [5.74, 6) is -0.673. The molecule has 0 aliphatic carbocycles. The largest absolute Gasteiger partial charge is 0.465 e. The number of nitrogens with two attached hydrogens (primary N) is 1. The van der Waals surface area contributed by atoms with Crippen molar-refractivity contribution in [1.29, 1.82) is 0 Å². The Bertz CT molecular complexity index is 1090. The summed E-state index contributed by atoms with van der Waals surface area (Å²) in [6.07, 6.45) is 0. The van der Waals surface area contributed by atoms with Gasteiger partial charge in [-0.2, -0.15) is 0 Å². The summed E-state index contributed by atoms with van der Waals surface area (Å²) in [7, 11) is 2.51. The van der Waals surface area contributed by atoms with E-state index in [-0.39, 0.29) is 22.6 Å². The van der Waals surface area contributed by atoms with Crippen LogP contribution in [0.25, 0.3) is 11.3 Å². The molecule has 168 valence electrons. The van der Waals surface area contributed by atoms with Crippen molar-refractivity contribution in [3.63, 3.8) is 0 Å². The Labute approximate surface area is 182 Å². The van der Waals surface area contributed by atoms with Gasteiger partial charge in [0.1, 0.15) is 11.5 Å². The number of carbonyl (C=O) groups excluding carboxylic acids is 3. The molecule has 3 rings (SSSR count). The SMILES string of the molecule is COC(=O)c1cc(C(=O)OC)cc(-c2ccc(CNCCNC(=O)c3nonc3N)o2)c1. The molecule has 0 aliphatic heterocycles. The highest BCUT2D eigenvalue weighted by molar-refractivity contribution is 5.97. The van der Waals surface area contributed by atoms with Crippen molar-refractivity contribution in [1.82, 2.24) is 20.9 Å². The van der Waals surface area contributed by atoms with Crippen LogP contribution in [0.4, 0.5) is 5.82 Å². The van der Waals surface area contributed by atoms with Crippen LogP contribution >= 0.6 is 0 Å². The molecule has 1 aromatic carbocycles. The number of methoxy groups -OCH3 is 2. The van der Waals surface area contributed by atoms with E-state index in [4.69, 9.17) is 19.6 Å². The zero-order valence-electron chi connectivity index (χ0n) is 17.3. The maximum atomic E-state index is 11.9. The topological polar surface area (TPSA) is 172 Å². The molecule has 2 aromatic heterocycles. The van der Waals surface area contributed by atoms with E-state index in [1.54, 1.807) is 24.3 Å². The van der Waals surface area contributed by atoms with Crippen LogP contribution in [0.1, 0.15) is 37.0 Å². The molecule has 12 nitrogen and oxygen atoms in total. The lowest BCUT2D eigenvalue weighted by atomic mass is 10.0. The van der Waals surface area contributed by atoms with E-state index < -0.39 is 17.8 Å². The average Bonchev–Trinajstić information content (AvgIpc) is 3.46. The number of aromatic nitrogens is 2. The van der Waals surface area contributed by atoms with Gasteiger partial charge in [-0.05, 0) is 40.6 Å². The molecular weight excluding hydrogens is 422 g/mol. The Morgan fingerprint density at radius 2 is 1.69 bits per heavy atom. The van der Waals surface area contributed by atoms with Gasteiger partial charge in [0.05, 0.1) is 31.9 Å². The summed E-state index contributed by atoms with van der Waals surface area (Å²) in [5.41, 5.74) is 6.30. The normalized spacial score (nSPS) is 10.6. The van der Waals surface area contributed by atoms with E-state index in [0.717, 1.165) is 0 Å². The van der Waals surface area contributed by atoms with Crippen LogP contribution in [-0.4, -0.2) is 55.5 Å². The van der Waals surface area contributed by atoms with Crippen molar-refractivity contribution in [2.75, 3.05) is 33.0 Å². The second-order valence-electron chi connectivity index (χ2n) is 6.48. The minimum Gasteiger partial charge on any atom is -0.465 e. The number of anilines is 1. The summed E-state index contributed by atoms with van der Waals surface area (Å²) >= 11 is 0. The number of nitrogens with one attached hydrogen (secondary N) is 2. The first kappa shape index (κ1) is 22.5. The Balaban J connectivity index is 1.59.